The smallest absolute Gasteiger partial charge is 0.318 e. The lowest BCUT2D eigenvalue weighted by molar-refractivity contribution is -0.0157. The number of benzene rings is 2. The van der Waals surface area contributed by atoms with Crippen molar-refractivity contribution in [1.29, 1.82) is 0 Å². The quantitative estimate of drug-likeness (QED) is 0.851. The topological polar surface area (TPSA) is 41.6 Å². The molecule has 0 bridgehead atoms. The molecule has 3 rings (SSSR count). The second-order valence-corrected chi connectivity index (χ2v) is 6.86. The molecule has 0 saturated carbocycles. The number of carbonyl (C=O) groups is 1. The Balaban J connectivity index is 1.63. The summed E-state index contributed by atoms with van der Waals surface area (Å²) < 4.78 is 6.86. The molecule has 0 radical (unpaired) electrons. The van der Waals surface area contributed by atoms with Crippen LogP contribution >= 0.6 is 15.9 Å². The molecule has 2 aromatic carbocycles. The van der Waals surface area contributed by atoms with Crippen LogP contribution in [0.4, 0.5) is 4.79 Å². The highest BCUT2D eigenvalue weighted by Crippen LogP contribution is 2.25. The van der Waals surface area contributed by atoms with Gasteiger partial charge in [-0.05, 0) is 30.2 Å². The van der Waals surface area contributed by atoms with Gasteiger partial charge in [0, 0.05) is 11.0 Å². The molecule has 126 valence electrons. The summed E-state index contributed by atoms with van der Waals surface area (Å²) in [6.45, 7) is 3.71. The van der Waals surface area contributed by atoms with Crippen molar-refractivity contribution >= 4 is 22.0 Å². The monoisotopic (exact) mass is 388 g/mol. The Hall–Kier alpha value is -1.85. The van der Waals surface area contributed by atoms with Crippen LogP contribution in [0, 0.1) is 0 Å². The van der Waals surface area contributed by atoms with Crippen molar-refractivity contribution < 1.29 is 9.53 Å². The molecule has 2 atom stereocenters. The number of carbonyl (C=O) groups excluding carboxylic acids is 1. The molecule has 0 aromatic heterocycles. The highest BCUT2D eigenvalue weighted by atomic mass is 79.9. The van der Waals surface area contributed by atoms with E-state index in [-0.39, 0.29) is 18.2 Å². The molecule has 2 amide bonds. The maximum Gasteiger partial charge on any atom is 0.318 e. The SMILES string of the molecule is CC(NC(=O)N1CCOC(c2cccc(Br)c2)C1)c1ccccc1. The zero-order valence-corrected chi connectivity index (χ0v) is 15.2. The number of halogens is 1. The Labute approximate surface area is 150 Å². The number of nitrogens with zero attached hydrogens (tertiary/aromatic N) is 1. The Bertz CT molecular complexity index is 693. The van der Waals surface area contributed by atoms with Gasteiger partial charge in [0.15, 0.2) is 0 Å². The summed E-state index contributed by atoms with van der Waals surface area (Å²) in [5, 5.41) is 3.07. The highest BCUT2D eigenvalue weighted by molar-refractivity contribution is 9.10. The van der Waals surface area contributed by atoms with Crippen molar-refractivity contribution in [2.75, 3.05) is 19.7 Å². The van der Waals surface area contributed by atoms with E-state index in [2.05, 4.69) is 21.2 Å². The summed E-state index contributed by atoms with van der Waals surface area (Å²) in [5.41, 5.74) is 2.18. The van der Waals surface area contributed by atoms with E-state index in [1.54, 1.807) is 0 Å². The summed E-state index contributed by atoms with van der Waals surface area (Å²) in [6, 6.07) is 18.0. The molecule has 0 aliphatic carbocycles. The minimum absolute atomic E-state index is 0.0223. The predicted octanol–water partition coefficient (Wildman–Crippen LogP) is 4.29. The molecule has 2 aromatic rings. The molecule has 1 heterocycles. The van der Waals surface area contributed by atoms with Gasteiger partial charge in [0.2, 0.25) is 0 Å². The lowest BCUT2D eigenvalue weighted by Crippen LogP contribution is -2.47. The van der Waals surface area contributed by atoms with E-state index in [0.717, 1.165) is 15.6 Å². The summed E-state index contributed by atoms with van der Waals surface area (Å²) in [5.74, 6) is 0. The first-order valence-electron chi connectivity index (χ1n) is 8.11. The molecule has 2 unspecified atom stereocenters. The number of nitrogens with one attached hydrogen (secondary N) is 1. The Morgan fingerprint density at radius 1 is 1.25 bits per heavy atom. The Kier molecular flexibility index (Phi) is 5.53. The average Bonchev–Trinajstić information content (AvgIpc) is 2.62. The fourth-order valence-electron chi connectivity index (χ4n) is 2.84. The number of hydrogen-bond donors (Lipinski definition) is 1. The van der Waals surface area contributed by atoms with Crippen molar-refractivity contribution in [3.63, 3.8) is 0 Å². The van der Waals surface area contributed by atoms with Crippen LogP contribution in [-0.2, 0) is 4.74 Å². The van der Waals surface area contributed by atoms with Gasteiger partial charge >= 0.3 is 6.03 Å². The molecule has 1 aliphatic heterocycles. The van der Waals surface area contributed by atoms with Crippen molar-refractivity contribution in [1.82, 2.24) is 10.2 Å². The van der Waals surface area contributed by atoms with Gasteiger partial charge in [-0.1, -0.05) is 58.4 Å². The van der Waals surface area contributed by atoms with Gasteiger partial charge in [0.05, 0.1) is 19.2 Å². The fraction of sp³-hybridized carbons (Fsp3) is 0.316. The molecule has 5 heteroatoms. The normalized spacial score (nSPS) is 18.9. The first-order chi connectivity index (χ1) is 11.6. The van der Waals surface area contributed by atoms with Crippen LogP contribution in [0.15, 0.2) is 59.1 Å². The van der Waals surface area contributed by atoms with Crippen LogP contribution in [0.1, 0.15) is 30.2 Å². The van der Waals surface area contributed by atoms with Crippen LogP contribution in [0.3, 0.4) is 0 Å². The highest BCUT2D eigenvalue weighted by Gasteiger charge is 2.26. The molecule has 24 heavy (non-hydrogen) atoms. The van der Waals surface area contributed by atoms with E-state index >= 15 is 0 Å². The van der Waals surface area contributed by atoms with E-state index < -0.39 is 0 Å². The summed E-state index contributed by atoms with van der Waals surface area (Å²) in [4.78, 5) is 14.4. The number of ether oxygens (including phenoxy) is 1. The molecule has 4 nitrogen and oxygen atoms in total. The van der Waals surface area contributed by atoms with Crippen LogP contribution in [0.5, 0.6) is 0 Å². The third kappa shape index (κ3) is 4.16. The minimum Gasteiger partial charge on any atom is -0.370 e. The van der Waals surface area contributed by atoms with Crippen LogP contribution in [0.2, 0.25) is 0 Å². The predicted molar refractivity (Wildman–Crippen MR) is 97.8 cm³/mol. The van der Waals surface area contributed by atoms with Crippen LogP contribution < -0.4 is 5.32 Å². The van der Waals surface area contributed by atoms with Crippen LogP contribution in [-0.4, -0.2) is 30.6 Å². The Morgan fingerprint density at radius 3 is 2.79 bits per heavy atom. The molecule has 1 aliphatic rings. The van der Waals surface area contributed by atoms with Gasteiger partial charge in [-0.2, -0.15) is 0 Å². The van der Waals surface area contributed by atoms with Crippen molar-refractivity contribution in [3.05, 3.63) is 70.2 Å². The van der Waals surface area contributed by atoms with Gasteiger partial charge in [0.25, 0.3) is 0 Å². The summed E-state index contributed by atoms with van der Waals surface area (Å²) >= 11 is 3.48. The number of amides is 2. The van der Waals surface area contributed by atoms with E-state index in [0.29, 0.717) is 19.7 Å². The van der Waals surface area contributed by atoms with Crippen molar-refractivity contribution in [2.24, 2.45) is 0 Å². The van der Waals surface area contributed by atoms with Gasteiger partial charge in [0.1, 0.15) is 6.10 Å². The molecular weight excluding hydrogens is 368 g/mol. The summed E-state index contributed by atoms with van der Waals surface area (Å²) in [7, 11) is 0. The van der Waals surface area contributed by atoms with Crippen molar-refractivity contribution in [3.8, 4) is 0 Å². The first-order valence-corrected chi connectivity index (χ1v) is 8.90. The van der Waals surface area contributed by atoms with Gasteiger partial charge < -0.3 is 15.0 Å². The van der Waals surface area contributed by atoms with E-state index in [1.807, 2.05) is 66.4 Å². The molecule has 1 N–H and O–H groups in total. The lowest BCUT2D eigenvalue weighted by Gasteiger charge is -2.34. The number of morpholine rings is 1. The average molecular weight is 389 g/mol. The van der Waals surface area contributed by atoms with E-state index in [4.69, 9.17) is 4.74 Å². The third-order valence-corrected chi connectivity index (χ3v) is 4.71. The van der Waals surface area contributed by atoms with Gasteiger partial charge in [-0.15, -0.1) is 0 Å². The minimum atomic E-state index is -0.0889. The standard InChI is InChI=1S/C19H21BrN2O2/c1-14(15-6-3-2-4-7-15)21-19(23)22-10-11-24-18(13-22)16-8-5-9-17(20)12-16/h2-9,12,14,18H,10-11,13H2,1H3,(H,21,23). The van der Waals surface area contributed by atoms with Gasteiger partial charge in [-0.3, -0.25) is 0 Å². The first kappa shape index (κ1) is 17.0. The van der Waals surface area contributed by atoms with E-state index in [9.17, 15) is 4.79 Å². The fourth-order valence-corrected chi connectivity index (χ4v) is 3.26. The zero-order valence-electron chi connectivity index (χ0n) is 13.6. The largest absolute Gasteiger partial charge is 0.370 e. The van der Waals surface area contributed by atoms with Gasteiger partial charge in [-0.25, -0.2) is 4.79 Å². The second kappa shape index (κ2) is 7.81. The van der Waals surface area contributed by atoms with Crippen LogP contribution in [0.25, 0.3) is 0 Å². The van der Waals surface area contributed by atoms with Crippen molar-refractivity contribution in [2.45, 2.75) is 19.1 Å². The molecular formula is C19H21BrN2O2. The second-order valence-electron chi connectivity index (χ2n) is 5.94. The number of urea groups is 1. The lowest BCUT2D eigenvalue weighted by atomic mass is 10.1. The maximum absolute atomic E-state index is 12.6. The summed E-state index contributed by atoms with van der Waals surface area (Å²) in [6.07, 6.45) is -0.0889. The number of rotatable bonds is 3. The molecule has 1 fully saturated rings. The molecule has 0 spiro atoms. The molecule has 1 saturated heterocycles. The maximum atomic E-state index is 12.6. The zero-order chi connectivity index (χ0) is 16.9. The van der Waals surface area contributed by atoms with E-state index in [1.165, 1.54) is 0 Å². The number of hydrogen-bond acceptors (Lipinski definition) is 2. The third-order valence-electron chi connectivity index (χ3n) is 4.21. The Morgan fingerprint density at radius 2 is 2.04 bits per heavy atom.